The largest absolute Gasteiger partial charge is 0.355 e. The van der Waals surface area contributed by atoms with Crippen LogP contribution in [-0.2, 0) is 4.79 Å². The standard InChI is InChI=1S/C15H26N6O/c1-19(2)8-4-7-16-14(22)13-20-9-11-21(12-10-20)15-17-5-3-6-18-15/h3,5-6H,4,7-13H2,1-2H3,(H,16,22). The second kappa shape index (κ2) is 8.65. The maximum atomic E-state index is 11.9. The molecule has 1 N–H and O–H groups in total. The minimum atomic E-state index is 0.114. The summed E-state index contributed by atoms with van der Waals surface area (Å²) in [4.78, 5) is 26.9. The van der Waals surface area contributed by atoms with Crippen LogP contribution in [-0.4, -0.2) is 85.6 Å². The van der Waals surface area contributed by atoms with E-state index >= 15 is 0 Å². The van der Waals surface area contributed by atoms with Crippen molar-refractivity contribution in [1.29, 1.82) is 0 Å². The number of anilines is 1. The molecule has 0 aliphatic carbocycles. The number of carbonyl (C=O) groups excluding carboxylic acids is 1. The molecule has 0 saturated carbocycles. The predicted octanol–water partition coefficient (Wildman–Crippen LogP) is -0.333. The molecule has 2 rings (SSSR count). The number of nitrogens with zero attached hydrogens (tertiary/aromatic N) is 5. The Hall–Kier alpha value is -1.73. The van der Waals surface area contributed by atoms with Crippen molar-refractivity contribution in [1.82, 2.24) is 25.1 Å². The fourth-order valence-corrected chi connectivity index (χ4v) is 2.44. The molecule has 0 aromatic carbocycles. The Kier molecular flexibility index (Phi) is 6.54. The third kappa shape index (κ3) is 5.57. The van der Waals surface area contributed by atoms with Crippen LogP contribution >= 0.6 is 0 Å². The molecular weight excluding hydrogens is 280 g/mol. The lowest BCUT2D eigenvalue weighted by Gasteiger charge is -2.34. The van der Waals surface area contributed by atoms with E-state index in [0.29, 0.717) is 6.54 Å². The average Bonchev–Trinajstić information content (AvgIpc) is 2.53. The average molecular weight is 306 g/mol. The molecule has 1 aliphatic heterocycles. The first-order valence-electron chi connectivity index (χ1n) is 7.81. The summed E-state index contributed by atoms with van der Waals surface area (Å²) in [5.41, 5.74) is 0. The smallest absolute Gasteiger partial charge is 0.234 e. The van der Waals surface area contributed by atoms with Crippen LogP contribution in [0.4, 0.5) is 5.95 Å². The van der Waals surface area contributed by atoms with Crippen molar-refractivity contribution in [3.8, 4) is 0 Å². The molecular formula is C15H26N6O. The molecule has 1 saturated heterocycles. The van der Waals surface area contributed by atoms with Crippen LogP contribution in [0.15, 0.2) is 18.5 Å². The second-order valence-electron chi connectivity index (χ2n) is 5.82. The van der Waals surface area contributed by atoms with E-state index in [1.807, 2.05) is 20.2 Å². The summed E-state index contributed by atoms with van der Waals surface area (Å²) in [5, 5.41) is 2.98. The number of aromatic nitrogens is 2. The van der Waals surface area contributed by atoms with Crippen molar-refractivity contribution >= 4 is 11.9 Å². The molecule has 22 heavy (non-hydrogen) atoms. The third-order valence-corrected chi connectivity index (χ3v) is 3.68. The number of piperazine rings is 1. The molecule has 1 aliphatic rings. The van der Waals surface area contributed by atoms with E-state index in [1.54, 1.807) is 12.4 Å². The molecule has 1 aromatic rings. The first-order valence-corrected chi connectivity index (χ1v) is 7.81. The van der Waals surface area contributed by atoms with Crippen LogP contribution < -0.4 is 10.2 Å². The summed E-state index contributed by atoms with van der Waals surface area (Å²) in [5.74, 6) is 0.887. The van der Waals surface area contributed by atoms with Gasteiger partial charge in [0.2, 0.25) is 11.9 Å². The highest BCUT2D eigenvalue weighted by atomic mass is 16.2. The Balaban J connectivity index is 1.64. The SMILES string of the molecule is CN(C)CCCNC(=O)CN1CCN(c2ncccn2)CC1. The first-order chi connectivity index (χ1) is 10.6. The van der Waals surface area contributed by atoms with E-state index < -0.39 is 0 Å². The van der Waals surface area contributed by atoms with E-state index in [0.717, 1.165) is 51.6 Å². The molecule has 122 valence electrons. The fraction of sp³-hybridized carbons (Fsp3) is 0.667. The lowest BCUT2D eigenvalue weighted by Crippen LogP contribution is -2.50. The first kappa shape index (κ1) is 16.6. The highest BCUT2D eigenvalue weighted by Crippen LogP contribution is 2.09. The second-order valence-corrected chi connectivity index (χ2v) is 5.82. The quantitative estimate of drug-likeness (QED) is 0.696. The highest BCUT2D eigenvalue weighted by Gasteiger charge is 2.20. The summed E-state index contributed by atoms with van der Waals surface area (Å²) >= 11 is 0. The van der Waals surface area contributed by atoms with Crippen molar-refractivity contribution in [2.24, 2.45) is 0 Å². The Labute approximate surface area is 132 Å². The monoisotopic (exact) mass is 306 g/mol. The van der Waals surface area contributed by atoms with Gasteiger partial charge in [-0.2, -0.15) is 0 Å². The van der Waals surface area contributed by atoms with Gasteiger partial charge in [-0.3, -0.25) is 9.69 Å². The van der Waals surface area contributed by atoms with Crippen LogP contribution in [0.1, 0.15) is 6.42 Å². The van der Waals surface area contributed by atoms with E-state index in [4.69, 9.17) is 0 Å². The lowest BCUT2D eigenvalue weighted by atomic mass is 10.3. The zero-order chi connectivity index (χ0) is 15.8. The van der Waals surface area contributed by atoms with Crippen LogP contribution in [0.3, 0.4) is 0 Å². The Morgan fingerprint density at radius 1 is 1.23 bits per heavy atom. The predicted molar refractivity (Wildman–Crippen MR) is 86.9 cm³/mol. The minimum absolute atomic E-state index is 0.114. The number of amides is 1. The number of hydrogen-bond donors (Lipinski definition) is 1. The topological polar surface area (TPSA) is 64.6 Å². The number of carbonyl (C=O) groups is 1. The molecule has 2 heterocycles. The molecule has 0 unspecified atom stereocenters. The van der Waals surface area contributed by atoms with Gasteiger partial charge in [-0.05, 0) is 33.1 Å². The van der Waals surface area contributed by atoms with Crippen molar-refractivity contribution in [2.75, 3.05) is 64.8 Å². The van der Waals surface area contributed by atoms with Crippen LogP contribution in [0.25, 0.3) is 0 Å². The molecule has 7 heteroatoms. The van der Waals surface area contributed by atoms with Gasteiger partial charge in [-0.1, -0.05) is 0 Å². The Morgan fingerprint density at radius 2 is 1.91 bits per heavy atom. The molecule has 1 amide bonds. The lowest BCUT2D eigenvalue weighted by molar-refractivity contribution is -0.122. The van der Waals surface area contributed by atoms with Gasteiger partial charge >= 0.3 is 0 Å². The van der Waals surface area contributed by atoms with Crippen LogP contribution in [0.2, 0.25) is 0 Å². The van der Waals surface area contributed by atoms with Gasteiger partial charge in [0.15, 0.2) is 0 Å². The zero-order valence-corrected chi connectivity index (χ0v) is 13.5. The number of hydrogen-bond acceptors (Lipinski definition) is 6. The Bertz CT molecular complexity index is 445. The molecule has 0 bridgehead atoms. The van der Waals surface area contributed by atoms with Crippen molar-refractivity contribution in [2.45, 2.75) is 6.42 Å². The highest BCUT2D eigenvalue weighted by molar-refractivity contribution is 5.78. The van der Waals surface area contributed by atoms with E-state index in [-0.39, 0.29) is 5.91 Å². The number of rotatable bonds is 7. The summed E-state index contributed by atoms with van der Waals surface area (Å²) in [6, 6.07) is 1.82. The van der Waals surface area contributed by atoms with E-state index in [2.05, 4.69) is 30.0 Å². The summed E-state index contributed by atoms with van der Waals surface area (Å²) in [6.45, 7) is 5.67. The van der Waals surface area contributed by atoms with Crippen molar-refractivity contribution in [3.63, 3.8) is 0 Å². The van der Waals surface area contributed by atoms with Gasteiger partial charge in [0.05, 0.1) is 6.54 Å². The van der Waals surface area contributed by atoms with E-state index in [9.17, 15) is 4.79 Å². The van der Waals surface area contributed by atoms with Gasteiger partial charge in [0.25, 0.3) is 0 Å². The fourth-order valence-electron chi connectivity index (χ4n) is 2.44. The Morgan fingerprint density at radius 3 is 2.55 bits per heavy atom. The van der Waals surface area contributed by atoms with Gasteiger partial charge in [-0.25, -0.2) is 9.97 Å². The summed E-state index contributed by atoms with van der Waals surface area (Å²) in [6.07, 6.45) is 4.50. The van der Waals surface area contributed by atoms with Gasteiger partial charge < -0.3 is 15.1 Å². The van der Waals surface area contributed by atoms with Crippen LogP contribution in [0.5, 0.6) is 0 Å². The summed E-state index contributed by atoms with van der Waals surface area (Å²) in [7, 11) is 4.08. The molecule has 0 radical (unpaired) electrons. The van der Waals surface area contributed by atoms with Gasteiger partial charge in [0.1, 0.15) is 0 Å². The maximum Gasteiger partial charge on any atom is 0.234 e. The molecule has 7 nitrogen and oxygen atoms in total. The zero-order valence-electron chi connectivity index (χ0n) is 13.5. The third-order valence-electron chi connectivity index (χ3n) is 3.68. The molecule has 1 fully saturated rings. The minimum Gasteiger partial charge on any atom is -0.355 e. The normalized spacial score (nSPS) is 16.0. The van der Waals surface area contributed by atoms with Crippen molar-refractivity contribution < 1.29 is 4.79 Å². The molecule has 1 aromatic heterocycles. The van der Waals surface area contributed by atoms with Gasteiger partial charge in [-0.15, -0.1) is 0 Å². The number of nitrogens with one attached hydrogen (secondary N) is 1. The van der Waals surface area contributed by atoms with E-state index in [1.165, 1.54) is 0 Å². The summed E-state index contributed by atoms with van der Waals surface area (Å²) < 4.78 is 0. The van der Waals surface area contributed by atoms with Crippen molar-refractivity contribution in [3.05, 3.63) is 18.5 Å². The molecule has 0 spiro atoms. The van der Waals surface area contributed by atoms with Crippen LogP contribution in [0, 0.1) is 0 Å². The molecule has 0 atom stereocenters. The van der Waals surface area contributed by atoms with Gasteiger partial charge in [0, 0.05) is 45.1 Å². The maximum absolute atomic E-state index is 11.9.